The van der Waals surface area contributed by atoms with Crippen LogP contribution in [0.5, 0.6) is 5.75 Å². The first-order valence-corrected chi connectivity index (χ1v) is 8.00. The van der Waals surface area contributed by atoms with Crippen LogP contribution in [0.25, 0.3) is 22.6 Å². The zero-order valence-electron chi connectivity index (χ0n) is 14.0. The number of nitrogens with one attached hydrogen (secondary N) is 1. The van der Waals surface area contributed by atoms with Gasteiger partial charge in [-0.05, 0) is 30.3 Å². The Morgan fingerprint density at radius 2 is 1.96 bits per heavy atom. The van der Waals surface area contributed by atoms with E-state index in [4.69, 9.17) is 9.15 Å². The van der Waals surface area contributed by atoms with Crippen molar-refractivity contribution in [2.45, 2.75) is 0 Å². The highest BCUT2D eigenvalue weighted by Gasteiger charge is 2.14. The highest BCUT2D eigenvalue weighted by atomic mass is 16.5. The monoisotopic (exact) mass is 345 g/mol. The average Bonchev–Trinajstić information content (AvgIpc) is 3.13. The Morgan fingerprint density at radius 3 is 2.73 bits per heavy atom. The number of ether oxygens (including phenoxy) is 1. The van der Waals surface area contributed by atoms with Crippen LogP contribution in [0.15, 0.2) is 71.4 Å². The zero-order chi connectivity index (χ0) is 17.9. The Hall–Kier alpha value is -3.67. The van der Waals surface area contributed by atoms with Gasteiger partial charge in [-0.2, -0.15) is 0 Å². The van der Waals surface area contributed by atoms with Gasteiger partial charge in [-0.15, -0.1) is 0 Å². The van der Waals surface area contributed by atoms with Gasteiger partial charge < -0.3 is 14.5 Å². The molecule has 0 atom stereocenters. The summed E-state index contributed by atoms with van der Waals surface area (Å²) in [6.45, 7) is 0. The van der Waals surface area contributed by atoms with Crippen molar-refractivity contribution in [2.75, 3.05) is 12.4 Å². The molecule has 0 radical (unpaired) electrons. The van der Waals surface area contributed by atoms with Crippen molar-refractivity contribution in [3.63, 3.8) is 0 Å². The number of fused-ring (bicyclic) bond motifs is 1. The van der Waals surface area contributed by atoms with Crippen molar-refractivity contribution in [3.05, 3.63) is 72.6 Å². The fourth-order valence-electron chi connectivity index (χ4n) is 2.63. The van der Waals surface area contributed by atoms with E-state index in [9.17, 15) is 4.79 Å². The molecule has 6 nitrogen and oxygen atoms in total. The molecule has 2 heterocycles. The summed E-state index contributed by atoms with van der Waals surface area (Å²) >= 11 is 0. The minimum atomic E-state index is -0.220. The van der Waals surface area contributed by atoms with E-state index < -0.39 is 0 Å². The van der Waals surface area contributed by atoms with E-state index in [0.29, 0.717) is 34.0 Å². The van der Waals surface area contributed by atoms with Crippen LogP contribution in [0, 0.1) is 0 Å². The summed E-state index contributed by atoms with van der Waals surface area (Å²) < 4.78 is 11.1. The number of benzene rings is 2. The third-order valence-corrected chi connectivity index (χ3v) is 3.92. The van der Waals surface area contributed by atoms with E-state index in [1.165, 1.54) is 0 Å². The topological polar surface area (TPSA) is 77.2 Å². The van der Waals surface area contributed by atoms with Gasteiger partial charge in [0.25, 0.3) is 5.91 Å². The van der Waals surface area contributed by atoms with Crippen LogP contribution in [0.3, 0.4) is 0 Å². The van der Waals surface area contributed by atoms with Gasteiger partial charge in [0.05, 0.1) is 19.0 Å². The summed E-state index contributed by atoms with van der Waals surface area (Å²) in [4.78, 5) is 20.9. The number of methoxy groups -OCH3 is 1. The number of nitrogens with zero attached hydrogens (tertiary/aromatic N) is 2. The van der Waals surface area contributed by atoms with Crippen LogP contribution in [-0.4, -0.2) is 23.0 Å². The van der Waals surface area contributed by atoms with Crippen molar-refractivity contribution in [1.29, 1.82) is 0 Å². The Morgan fingerprint density at radius 1 is 1.12 bits per heavy atom. The van der Waals surface area contributed by atoms with Crippen LogP contribution >= 0.6 is 0 Å². The molecule has 0 aliphatic heterocycles. The Balaban J connectivity index is 1.70. The highest BCUT2D eigenvalue weighted by molar-refractivity contribution is 6.05. The Kier molecular flexibility index (Phi) is 4.07. The van der Waals surface area contributed by atoms with Gasteiger partial charge in [0, 0.05) is 23.4 Å². The quantitative estimate of drug-likeness (QED) is 0.601. The van der Waals surface area contributed by atoms with E-state index >= 15 is 0 Å². The number of hydrogen-bond donors (Lipinski definition) is 1. The normalized spacial score (nSPS) is 10.7. The molecular weight excluding hydrogens is 330 g/mol. The second-order valence-electron chi connectivity index (χ2n) is 5.60. The number of hydrogen-bond acceptors (Lipinski definition) is 5. The van der Waals surface area contributed by atoms with E-state index in [1.807, 2.05) is 24.3 Å². The molecule has 1 N–H and O–H groups in total. The van der Waals surface area contributed by atoms with Crippen molar-refractivity contribution >= 4 is 22.7 Å². The lowest BCUT2D eigenvalue weighted by molar-refractivity contribution is 0.102. The van der Waals surface area contributed by atoms with Crippen LogP contribution in [0.1, 0.15) is 10.4 Å². The summed E-state index contributed by atoms with van der Waals surface area (Å²) in [7, 11) is 1.55. The summed E-state index contributed by atoms with van der Waals surface area (Å²) in [6.07, 6.45) is 3.29. The maximum atomic E-state index is 12.5. The number of rotatable bonds is 4. The fourth-order valence-corrected chi connectivity index (χ4v) is 2.63. The first-order chi connectivity index (χ1) is 12.7. The largest absolute Gasteiger partial charge is 0.495 e. The summed E-state index contributed by atoms with van der Waals surface area (Å²) in [5.74, 6) is 0.782. The molecule has 1 amide bonds. The smallest absolute Gasteiger partial charge is 0.255 e. The Bertz CT molecular complexity index is 1040. The van der Waals surface area contributed by atoms with E-state index in [2.05, 4.69) is 15.3 Å². The lowest BCUT2D eigenvalue weighted by atomic mass is 10.1. The molecule has 2 aromatic carbocycles. The third kappa shape index (κ3) is 3.00. The van der Waals surface area contributed by atoms with E-state index in [0.717, 1.165) is 5.56 Å². The average molecular weight is 345 g/mol. The van der Waals surface area contributed by atoms with Crippen LogP contribution in [-0.2, 0) is 0 Å². The van der Waals surface area contributed by atoms with Crippen molar-refractivity contribution in [2.24, 2.45) is 0 Å². The number of aromatic nitrogens is 2. The van der Waals surface area contributed by atoms with Crippen LogP contribution < -0.4 is 10.1 Å². The summed E-state index contributed by atoms with van der Waals surface area (Å²) in [5.41, 5.74) is 3.16. The van der Waals surface area contributed by atoms with Gasteiger partial charge >= 0.3 is 0 Å². The summed E-state index contributed by atoms with van der Waals surface area (Å²) in [6, 6.07) is 16.1. The van der Waals surface area contributed by atoms with Crippen molar-refractivity contribution in [3.8, 4) is 17.2 Å². The van der Waals surface area contributed by atoms with Gasteiger partial charge in [-0.1, -0.05) is 18.2 Å². The van der Waals surface area contributed by atoms with Crippen LogP contribution in [0.4, 0.5) is 5.69 Å². The van der Waals surface area contributed by atoms with Crippen molar-refractivity contribution < 1.29 is 13.9 Å². The SMILES string of the molecule is COc1ccc(-c2nc3cnccc3o2)cc1NC(=O)c1ccccc1. The second-order valence-corrected chi connectivity index (χ2v) is 5.60. The molecule has 128 valence electrons. The summed E-state index contributed by atoms with van der Waals surface area (Å²) in [5, 5.41) is 2.88. The lowest BCUT2D eigenvalue weighted by Gasteiger charge is -2.11. The highest BCUT2D eigenvalue weighted by Crippen LogP contribution is 2.32. The van der Waals surface area contributed by atoms with Gasteiger partial charge in [-0.3, -0.25) is 9.78 Å². The standard InChI is InChI=1S/C20H15N3O3/c1-25-17-8-7-14(20-23-16-12-21-10-9-18(16)26-20)11-15(17)22-19(24)13-5-3-2-4-6-13/h2-12H,1H3,(H,22,24). The molecule has 4 rings (SSSR count). The van der Waals surface area contributed by atoms with Gasteiger partial charge in [0.2, 0.25) is 5.89 Å². The number of anilines is 1. The first kappa shape index (κ1) is 15.8. The molecule has 26 heavy (non-hydrogen) atoms. The molecule has 0 unspecified atom stereocenters. The molecule has 6 heteroatoms. The minimum Gasteiger partial charge on any atom is -0.495 e. The minimum absolute atomic E-state index is 0.220. The molecular formula is C20H15N3O3. The maximum Gasteiger partial charge on any atom is 0.255 e. The van der Waals surface area contributed by atoms with Gasteiger partial charge in [0.1, 0.15) is 11.3 Å². The third-order valence-electron chi connectivity index (χ3n) is 3.92. The number of pyridine rings is 1. The predicted octanol–water partition coefficient (Wildman–Crippen LogP) is 4.15. The molecule has 0 aliphatic carbocycles. The molecule has 0 aliphatic rings. The number of carbonyl (C=O) groups excluding carboxylic acids is 1. The molecule has 0 fully saturated rings. The number of carbonyl (C=O) groups is 1. The molecule has 0 spiro atoms. The molecule has 4 aromatic rings. The molecule has 0 saturated carbocycles. The first-order valence-electron chi connectivity index (χ1n) is 8.00. The fraction of sp³-hybridized carbons (Fsp3) is 0.0500. The predicted molar refractivity (Wildman–Crippen MR) is 98.2 cm³/mol. The van der Waals surface area contributed by atoms with E-state index in [1.54, 1.807) is 49.8 Å². The van der Waals surface area contributed by atoms with Crippen LogP contribution in [0.2, 0.25) is 0 Å². The molecule has 0 saturated heterocycles. The molecule has 2 aromatic heterocycles. The van der Waals surface area contributed by atoms with E-state index in [-0.39, 0.29) is 5.91 Å². The van der Waals surface area contributed by atoms with Gasteiger partial charge in [0.15, 0.2) is 5.58 Å². The Labute approximate surface area is 149 Å². The second kappa shape index (κ2) is 6.68. The van der Waals surface area contributed by atoms with Gasteiger partial charge in [-0.25, -0.2) is 4.98 Å². The molecule has 0 bridgehead atoms. The number of amides is 1. The zero-order valence-corrected chi connectivity index (χ0v) is 14.0. The number of oxazole rings is 1. The van der Waals surface area contributed by atoms with Crippen molar-refractivity contribution in [1.82, 2.24) is 9.97 Å². The lowest BCUT2D eigenvalue weighted by Crippen LogP contribution is -2.12. The maximum absolute atomic E-state index is 12.5.